The van der Waals surface area contributed by atoms with Crippen LogP contribution in [0.3, 0.4) is 0 Å². The highest BCUT2D eigenvalue weighted by molar-refractivity contribution is 5.04. The largest absolute Gasteiger partial charge is 0.373 e. The number of ether oxygens (including phenoxy) is 1. The van der Waals surface area contributed by atoms with E-state index in [0.717, 1.165) is 51.6 Å². The molecule has 120 valence electrons. The number of aryl methyl sites for hydroxylation is 1. The summed E-state index contributed by atoms with van der Waals surface area (Å²) in [4.78, 5) is 7.11. The van der Waals surface area contributed by atoms with Gasteiger partial charge in [-0.25, -0.2) is 4.98 Å². The summed E-state index contributed by atoms with van der Waals surface area (Å²) < 4.78 is 8.33. The Kier molecular flexibility index (Phi) is 6.67. The average molecular weight is 294 g/mol. The van der Waals surface area contributed by atoms with Crippen molar-refractivity contribution in [2.24, 2.45) is 0 Å². The van der Waals surface area contributed by atoms with Crippen LogP contribution in [0.5, 0.6) is 0 Å². The Hall–Kier alpha value is -0.910. The minimum absolute atomic E-state index is 0.177. The van der Waals surface area contributed by atoms with Gasteiger partial charge in [-0.15, -0.1) is 0 Å². The minimum Gasteiger partial charge on any atom is -0.373 e. The number of nitrogens with zero attached hydrogens (tertiary/aromatic N) is 3. The van der Waals surface area contributed by atoms with Crippen LogP contribution in [-0.2, 0) is 11.3 Å². The quantitative estimate of drug-likeness (QED) is 0.797. The van der Waals surface area contributed by atoms with Crippen molar-refractivity contribution in [2.75, 3.05) is 32.8 Å². The first kappa shape index (κ1) is 16.5. The smallest absolute Gasteiger partial charge is 0.128 e. The molecular formula is C16H30N4O. The van der Waals surface area contributed by atoms with E-state index in [1.54, 1.807) is 0 Å². The number of morpholine rings is 1. The molecule has 1 aliphatic rings. The van der Waals surface area contributed by atoms with Gasteiger partial charge >= 0.3 is 0 Å². The highest BCUT2D eigenvalue weighted by atomic mass is 16.5. The van der Waals surface area contributed by atoms with Crippen molar-refractivity contribution in [2.45, 2.75) is 52.3 Å². The standard InChI is InChI=1S/C16H30N4O/c1-4-8-19-11-12-21-14(13-19)15(17-6-3)16-18-7-10-20(16)9-5-2/h7,10,14-15,17H,4-6,8-9,11-13H2,1-3H3. The Balaban J connectivity index is 2.11. The first-order valence-electron chi connectivity index (χ1n) is 8.38. The van der Waals surface area contributed by atoms with Gasteiger partial charge in [-0.05, 0) is 25.9 Å². The van der Waals surface area contributed by atoms with Gasteiger partial charge in [-0.3, -0.25) is 4.90 Å². The van der Waals surface area contributed by atoms with Crippen LogP contribution in [0.4, 0.5) is 0 Å². The summed E-state index contributed by atoms with van der Waals surface area (Å²) >= 11 is 0. The van der Waals surface area contributed by atoms with E-state index in [2.05, 4.69) is 46.7 Å². The molecule has 2 unspecified atom stereocenters. The molecule has 1 N–H and O–H groups in total. The lowest BCUT2D eigenvalue weighted by molar-refractivity contribution is -0.0487. The molecule has 0 aromatic carbocycles. The maximum Gasteiger partial charge on any atom is 0.128 e. The SMILES string of the molecule is CCCN1CCOC(C(NCC)c2nccn2CCC)C1. The molecule has 1 saturated heterocycles. The number of nitrogens with one attached hydrogen (secondary N) is 1. The second-order valence-electron chi connectivity index (χ2n) is 5.72. The fourth-order valence-electron chi connectivity index (χ4n) is 3.09. The fraction of sp³-hybridized carbons (Fsp3) is 0.812. The zero-order chi connectivity index (χ0) is 15.1. The monoisotopic (exact) mass is 294 g/mol. The van der Waals surface area contributed by atoms with Crippen molar-refractivity contribution < 1.29 is 4.74 Å². The van der Waals surface area contributed by atoms with E-state index in [1.165, 1.54) is 6.42 Å². The first-order valence-corrected chi connectivity index (χ1v) is 8.38. The second kappa shape index (κ2) is 8.51. The summed E-state index contributed by atoms with van der Waals surface area (Å²) in [6, 6.07) is 0.177. The normalized spacial score (nSPS) is 21.6. The van der Waals surface area contributed by atoms with Crippen LogP contribution < -0.4 is 5.32 Å². The highest BCUT2D eigenvalue weighted by Gasteiger charge is 2.31. The van der Waals surface area contributed by atoms with Crippen LogP contribution in [0.2, 0.25) is 0 Å². The van der Waals surface area contributed by atoms with Crippen LogP contribution in [0.1, 0.15) is 45.5 Å². The van der Waals surface area contributed by atoms with Crippen LogP contribution in [0.15, 0.2) is 12.4 Å². The molecule has 1 aromatic heterocycles. The summed E-state index contributed by atoms with van der Waals surface area (Å²) in [7, 11) is 0. The van der Waals surface area contributed by atoms with Crippen LogP contribution in [0, 0.1) is 0 Å². The van der Waals surface area contributed by atoms with Crippen molar-refractivity contribution in [1.29, 1.82) is 0 Å². The minimum atomic E-state index is 0.177. The van der Waals surface area contributed by atoms with E-state index in [9.17, 15) is 0 Å². The highest BCUT2D eigenvalue weighted by Crippen LogP contribution is 2.22. The predicted molar refractivity (Wildman–Crippen MR) is 85.4 cm³/mol. The van der Waals surface area contributed by atoms with Gasteiger partial charge in [-0.1, -0.05) is 20.8 Å². The molecule has 2 heterocycles. The van der Waals surface area contributed by atoms with Crippen molar-refractivity contribution in [3.8, 4) is 0 Å². The molecule has 0 amide bonds. The van der Waals surface area contributed by atoms with E-state index in [0.29, 0.717) is 0 Å². The topological polar surface area (TPSA) is 42.3 Å². The number of rotatable bonds is 8. The van der Waals surface area contributed by atoms with Gasteiger partial charge in [0, 0.05) is 32.0 Å². The maximum absolute atomic E-state index is 6.07. The lowest BCUT2D eigenvalue weighted by Crippen LogP contribution is -2.49. The predicted octanol–water partition coefficient (Wildman–Crippen LogP) is 2.05. The summed E-state index contributed by atoms with van der Waals surface area (Å²) in [5.41, 5.74) is 0. The lowest BCUT2D eigenvalue weighted by Gasteiger charge is -2.37. The zero-order valence-electron chi connectivity index (χ0n) is 13.7. The number of hydrogen-bond acceptors (Lipinski definition) is 4. The third-order valence-electron chi connectivity index (χ3n) is 4.00. The van der Waals surface area contributed by atoms with Crippen molar-refractivity contribution in [3.63, 3.8) is 0 Å². The van der Waals surface area contributed by atoms with Gasteiger partial charge < -0.3 is 14.6 Å². The number of imidazole rings is 1. The Morgan fingerprint density at radius 3 is 2.86 bits per heavy atom. The van der Waals surface area contributed by atoms with E-state index in [-0.39, 0.29) is 12.1 Å². The number of aromatic nitrogens is 2. The molecule has 5 nitrogen and oxygen atoms in total. The van der Waals surface area contributed by atoms with Crippen LogP contribution in [0.25, 0.3) is 0 Å². The van der Waals surface area contributed by atoms with E-state index in [1.807, 2.05) is 6.20 Å². The molecule has 0 spiro atoms. The number of hydrogen-bond donors (Lipinski definition) is 1. The van der Waals surface area contributed by atoms with E-state index in [4.69, 9.17) is 4.74 Å². The fourth-order valence-corrected chi connectivity index (χ4v) is 3.09. The van der Waals surface area contributed by atoms with Crippen molar-refractivity contribution >= 4 is 0 Å². The molecule has 5 heteroatoms. The van der Waals surface area contributed by atoms with Gasteiger partial charge in [0.25, 0.3) is 0 Å². The summed E-state index contributed by atoms with van der Waals surface area (Å²) in [6.45, 7) is 12.5. The lowest BCUT2D eigenvalue weighted by atomic mass is 10.1. The van der Waals surface area contributed by atoms with Gasteiger partial charge in [0.2, 0.25) is 0 Å². The first-order chi connectivity index (χ1) is 10.3. The van der Waals surface area contributed by atoms with Gasteiger partial charge in [0.05, 0.1) is 18.8 Å². The molecule has 2 atom stereocenters. The van der Waals surface area contributed by atoms with Crippen molar-refractivity contribution in [1.82, 2.24) is 19.8 Å². The Morgan fingerprint density at radius 1 is 1.33 bits per heavy atom. The number of likely N-dealkylation sites (N-methyl/N-ethyl adjacent to an activating group) is 1. The third-order valence-corrected chi connectivity index (χ3v) is 4.00. The molecule has 0 aliphatic carbocycles. The Bertz CT molecular complexity index is 405. The molecule has 1 fully saturated rings. The van der Waals surface area contributed by atoms with Gasteiger partial charge in [0.1, 0.15) is 5.82 Å². The van der Waals surface area contributed by atoms with E-state index >= 15 is 0 Å². The molecule has 0 bridgehead atoms. The van der Waals surface area contributed by atoms with Crippen LogP contribution in [-0.4, -0.2) is 53.3 Å². The van der Waals surface area contributed by atoms with Crippen molar-refractivity contribution in [3.05, 3.63) is 18.2 Å². The molecule has 0 radical (unpaired) electrons. The molecule has 1 aliphatic heterocycles. The zero-order valence-corrected chi connectivity index (χ0v) is 13.7. The molecule has 0 saturated carbocycles. The Labute approximate surface area is 128 Å². The second-order valence-corrected chi connectivity index (χ2v) is 5.72. The molecular weight excluding hydrogens is 264 g/mol. The molecule has 2 rings (SSSR count). The summed E-state index contributed by atoms with van der Waals surface area (Å²) in [5, 5.41) is 3.58. The van der Waals surface area contributed by atoms with Gasteiger partial charge in [-0.2, -0.15) is 0 Å². The summed E-state index contributed by atoms with van der Waals surface area (Å²) in [6.07, 6.45) is 6.49. The van der Waals surface area contributed by atoms with Crippen LogP contribution >= 0.6 is 0 Å². The molecule has 21 heavy (non-hydrogen) atoms. The maximum atomic E-state index is 6.07. The van der Waals surface area contributed by atoms with Gasteiger partial charge in [0.15, 0.2) is 0 Å². The third kappa shape index (κ3) is 4.28. The Morgan fingerprint density at radius 2 is 2.14 bits per heavy atom. The molecule has 1 aromatic rings. The summed E-state index contributed by atoms with van der Waals surface area (Å²) in [5.74, 6) is 1.11. The van der Waals surface area contributed by atoms with E-state index < -0.39 is 0 Å². The average Bonchev–Trinajstić information content (AvgIpc) is 2.94.